The molecule has 0 saturated carbocycles. The van der Waals surface area contributed by atoms with Crippen LogP contribution in [0.5, 0.6) is 0 Å². The molecule has 1 saturated heterocycles. The molecule has 30 heavy (non-hydrogen) atoms. The molecule has 3 heterocycles. The molecule has 2 N–H and O–H groups in total. The quantitative estimate of drug-likeness (QED) is 0.499. The van der Waals surface area contributed by atoms with Crippen molar-refractivity contribution in [1.29, 1.82) is 0 Å². The SMILES string of the molecule is Cn1nc([C@H](CNS(=O)(=O)c2ccc3cc[nH]c3c2)N2CCCC2)c2ccccc21. The van der Waals surface area contributed by atoms with E-state index in [1.54, 1.807) is 12.1 Å². The lowest BCUT2D eigenvalue weighted by molar-refractivity contribution is 0.242. The van der Waals surface area contributed by atoms with Crippen molar-refractivity contribution in [2.45, 2.75) is 23.8 Å². The van der Waals surface area contributed by atoms with Crippen LogP contribution in [0.4, 0.5) is 0 Å². The molecule has 7 nitrogen and oxygen atoms in total. The Bertz CT molecular complexity index is 1300. The second-order valence-electron chi connectivity index (χ2n) is 7.86. The largest absolute Gasteiger partial charge is 0.361 e. The van der Waals surface area contributed by atoms with E-state index in [0.29, 0.717) is 0 Å². The average molecular weight is 424 g/mol. The molecule has 0 unspecified atom stereocenters. The normalized spacial score (nSPS) is 16.6. The van der Waals surface area contributed by atoms with Crippen LogP contribution < -0.4 is 4.72 Å². The highest BCUT2D eigenvalue weighted by Crippen LogP contribution is 2.30. The molecule has 1 aliphatic heterocycles. The first-order chi connectivity index (χ1) is 14.5. The molecule has 0 bridgehead atoms. The van der Waals surface area contributed by atoms with Crippen LogP contribution in [0.15, 0.2) is 59.6 Å². The Morgan fingerprint density at radius 2 is 1.93 bits per heavy atom. The lowest BCUT2D eigenvalue weighted by Crippen LogP contribution is -2.37. The first kappa shape index (κ1) is 19.3. The zero-order valence-corrected chi connectivity index (χ0v) is 17.7. The topological polar surface area (TPSA) is 83.0 Å². The number of nitrogens with zero attached hydrogens (tertiary/aromatic N) is 3. The number of hydrogen-bond acceptors (Lipinski definition) is 4. The molecule has 1 atom stereocenters. The van der Waals surface area contributed by atoms with Crippen LogP contribution in [0.1, 0.15) is 24.6 Å². The third-order valence-corrected chi connectivity index (χ3v) is 7.41. The average Bonchev–Trinajstić information content (AvgIpc) is 3.49. The van der Waals surface area contributed by atoms with Crippen molar-refractivity contribution in [3.8, 4) is 0 Å². The van der Waals surface area contributed by atoms with Gasteiger partial charge in [-0.15, -0.1) is 0 Å². The molecule has 1 fully saturated rings. The standard InChI is InChI=1S/C22H25N5O2S/c1-26-20-7-3-2-6-18(20)22(25-26)21(27-12-4-5-13-27)15-24-30(28,29)17-9-8-16-10-11-23-19(16)14-17/h2-3,6-11,14,21,23-24H,4-5,12-13,15H2,1H3/t21-/m0/s1. The number of sulfonamides is 1. The highest BCUT2D eigenvalue weighted by atomic mass is 32.2. The second-order valence-corrected chi connectivity index (χ2v) is 9.63. The van der Waals surface area contributed by atoms with Crippen LogP contribution in [-0.2, 0) is 17.1 Å². The summed E-state index contributed by atoms with van der Waals surface area (Å²) in [4.78, 5) is 5.68. The van der Waals surface area contributed by atoms with E-state index < -0.39 is 10.0 Å². The minimum Gasteiger partial charge on any atom is -0.361 e. The number of aryl methyl sites for hydroxylation is 1. The minimum atomic E-state index is -3.64. The maximum atomic E-state index is 13.0. The summed E-state index contributed by atoms with van der Waals surface area (Å²) in [5.74, 6) is 0. The summed E-state index contributed by atoms with van der Waals surface area (Å²) in [5.41, 5.74) is 2.79. The van der Waals surface area contributed by atoms with Crippen molar-refractivity contribution >= 4 is 31.8 Å². The van der Waals surface area contributed by atoms with Crippen molar-refractivity contribution < 1.29 is 8.42 Å². The van der Waals surface area contributed by atoms with Crippen LogP contribution in [0, 0.1) is 0 Å². The third-order valence-electron chi connectivity index (χ3n) is 5.99. The van der Waals surface area contributed by atoms with Crippen LogP contribution >= 0.6 is 0 Å². The van der Waals surface area contributed by atoms with Crippen LogP contribution in [0.2, 0.25) is 0 Å². The van der Waals surface area contributed by atoms with Gasteiger partial charge in [-0.2, -0.15) is 5.10 Å². The molecule has 0 spiro atoms. The highest BCUT2D eigenvalue weighted by Gasteiger charge is 2.29. The Morgan fingerprint density at radius 1 is 1.13 bits per heavy atom. The van der Waals surface area contributed by atoms with Crippen LogP contribution in [0.25, 0.3) is 21.8 Å². The van der Waals surface area contributed by atoms with Gasteiger partial charge in [0.25, 0.3) is 0 Å². The minimum absolute atomic E-state index is 0.109. The zero-order chi connectivity index (χ0) is 20.7. The number of nitrogens with one attached hydrogen (secondary N) is 2. The summed E-state index contributed by atoms with van der Waals surface area (Å²) in [7, 11) is -1.71. The number of para-hydroxylation sites is 1. The summed E-state index contributed by atoms with van der Waals surface area (Å²) in [6.45, 7) is 2.18. The van der Waals surface area contributed by atoms with E-state index in [2.05, 4.69) is 20.7 Å². The van der Waals surface area contributed by atoms with Crippen molar-refractivity contribution in [2.24, 2.45) is 7.05 Å². The van der Waals surface area contributed by atoms with E-state index >= 15 is 0 Å². The van der Waals surface area contributed by atoms with Gasteiger partial charge in [-0.1, -0.05) is 24.3 Å². The van der Waals surface area contributed by atoms with Gasteiger partial charge in [-0.3, -0.25) is 9.58 Å². The zero-order valence-electron chi connectivity index (χ0n) is 16.9. The van der Waals surface area contributed by atoms with Gasteiger partial charge in [-0.25, -0.2) is 13.1 Å². The number of likely N-dealkylation sites (tertiary alicyclic amines) is 1. The number of hydrogen-bond donors (Lipinski definition) is 2. The molecule has 0 radical (unpaired) electrons. The molecule has 2 aromatic heterocycles. The van der Waals surface area contributed by atoms with Gasteiger partial charge in [0, 0.05) is 30.7 Å². The van der Waals surface area contributed by atoms with E-state index in [1.807, 2.05) is 48.3 Å². The molecule has 4 aromatic rings. The van der Waals surface area contributed by atoms with Crippen molar-refractivity contribution in [3.63, 3.8) is 0 Å². The number of H-pyrrole nitrogens is 1. The molecular formula is C22H25N5O2S. The van der Waals surface area contributed by atoms with Gasteiger partial charge >= 0.3 is 0 Å². The van der Waals surface area contributed by atoms with E-state index in [9.17, 15) is 8.42 Å². The molecule has 8 heteroatoms. The van der Waals surface area contributed by atoms with Crippen LogP contribution in [0.3, 0.4) is 0 Å². The van der Waals surface area contributed by atoms with Crippen LogP contribution in [-0.4, -0.2) is 47.7 Å². The predicted molar refractivity (Wildman–Crippen MR) is 118 cm³/mol. The van der Waals surface area contributed by atoms with Gasteiger partial charge in [0.2, 0.25) is 10.0 Å². The predicted octanol–water partition coefficient (Wildman–Crippen LogP) is 3.17. The molecule has 0 amide bonds. The molecule has 1 aliphatic rings. The summed E-state index contributed by atoms with van der Waals surface area (Å²) in [6.07, 6.45) is 4.05. The smallest absolute Gasteiger partial charge is 0.240 e. The molecular weight excluding hydrogens is 398 g/mol. The Labute approximate surface area is 175 Å². The monoisotopic (exact) mass is 423 g/mol. The fourth-order valence-corrected chi connectivity index (χ4v) is 5.47. The number of aromatic nitrogens is 3. The number of rotatable bonds is 6. The Balaban J connectivity index is 1.46. The lowest BCUT2D eigenvalue weighted by atomic mass is 10.1. The third kappa shape index (κ3) is 3.40. The first-order valence-electron chi connectivity index (χ1n) is 10.3. The maximum absolute atomic E-state index is 13.0. The van der Waals surface area contributed by atoms with Gasteiger partial charge < -0.3 is 4.98 Å². The fraction of sp³-hybridized carbons (Fsp3) is 0.318. The second kappa shape index (κ2) is 7.54. The number of benzene rings is 2. The van der Waals surface area contributed by atoms with E-state index in [-0.39, 0.29) is 17.5 Å². The van der Waals surface area contributed by atoms with Crippen molar-refractivity contribution in [2.75, 3.05) is 19.6 Å². The van der Waals surface area contributed by atoms with Crippen molar-refractivity contribution in [3.05, 3.63) is 60.4 Å². The van der Waals surface area contributed by atoms with Gasteiger partial charge in [0.1, 0.15) is 0 Å². The first-order valence-corrected chi connectivity index (χ1v) is 11.7. The van der Waals surface area contributed by atoms with Gasteiger partial charge in [-0.05, 0) is 55.6 Å². The Morgan fingerprint density at radius 3 is 2.77 bits per heavy atom. The van der Waals surface area contributed by atoms with E-state index in [0.717, 1.165) is 53.4 Å². The van der Waals surface area contributed by atoms with Crippen molar-refractivity contribution in [1.82, 2.24) is 24.4 Å². The number of aromatic amines is 1. The summed E-state index contributed by atoms with van der Waals surface area (Å²) >= 11 is 0. The lowest BCUT2D eigenvalue weighted by Gasteiger charge is -2.26. The summed E-state index contributed by atoms with van der Waals surface area (Å²) in [6, 6.07) is 15.1. The van der Waals surface area contributed by atoms with E-state index in [4.69, 9.17) is 5.10 Å². The highest BCUT2D eigenvalue weighted by molar-refractivity contribution is 7.89. The molecule has 0 aliphatic carbocycles. The Hall–Kier alpha value is -2.68. The molecule has 2 aromatic carbocycles. The molecule has 156 valence electrons. The fourth-order valence-electron chi connectivity index (χ4n) is 4.41. The molecule has 5 rings (SSSR count). The van der Waals surface area contributed by atoms with Gasteiger partial charge in [0.05, 0.1) is 22.1 Å². The number of fused-ring (bicyclic) bond motifs is 2. The maximum Gasteiger partial charge on any atom is 0.240 e. The van der Waals surface area contributed by atoms with E-state index in [1.165, 1.54) is 0 Å². The summed E-state index contributed by atoms with van der Waals surface area (Å²) < 4.78 is 30.8. The van der Waals surface area contributed by atoms with Gasteiger partial charge in [0.15, 0.2) is 0 Å². The Kier molecular flexibility index (Phi) is 4.85. The summed E-state index contributed by atoms with van der Waals surface area (Å²) in [5, 5.41) is 6.84.